The summed E-state index contributed by atoms with van der Waals surface area (Å²) in [7, 11) is 1.73. The van der Waals surface area contributed by atoms with E-state index < -0.39 is 0 Å². The van der Waals surface area contributed by atoms with Crippen molar-refractivity contribution in [2.24, 2.45) is 0 Å². The number of ether oxygens (including phenoxy) is 1. The maximum Gasteiger partial charge on any atom is 0.170 e. The lowest BCUT2D eigenvalue weighted by atomic mass is 9.94. The van der Waals surface area contributed by atoms with Crippen molar-refractivity contribution in [3.05, 3.63) is 52.5 Å². The minimum absolute atomic E-state index is 0.290. The van der Waals surface area contributed by atoms with Crippen LogP contribution in [0.15, 0.2) is 28.9 Å². The predicted molar refractivity (Wildman–Crippen MR) is 108 cm³/mol. The summed E-state index contributed by atoms with van der Waals surface area (Å²) >= 11 is 0. The molecule has 0 unspecified atom stereocenters. The molecule has 0 radical (unpaired) electrons. The summed E-state index contributed by atoms with van der Waals surface area (Å²) in [5.74, 6) is 1.73. The third kappa shape index (κ3) is 3.56. The Bertz CT molecular complexity index is 959. The van der Waals surface area contributed by atoms with Gasteiger partial charge in [0.1, 0.15) is 5.75 Å². The molecule has 0 amide bonds. The van der Waals surface area contributed by atoms with E-state index in [0.29, 0.717) is 6.04 Å². The molecule has 0 aliphatic carbocycles. The molecule has 1 N–H and O–H groups in total. The number of nitrogens with one attached hydrogen (secondary N) is 1. The minimum atomic E-state index is 0.290. The minimum Gasteiger partial charge on any atom is -0.496 e. The summed E-state index contributed by atoms with van der Waals surface area (Å²) in [4.78, 5) is 2.55. The van der Waals surface area contributed by atoms with E-state index in [4.69, 9.17) is 9.26 Å². The lowest BCUT2D eigenvalue weighted by Crippen LogP contribution is -2.33. The van der Waals surface area contributed by atoms with Crippen molar-refractivity contribution >= 4 is 0 Å². The van der Waals surface area contributed by atoms with Gasteiger partial charge in [0.2, 0.25) is 0 Å². The van der Waals surface area contributed by atoms with Gasteiger partial charge in [-0.3, -0.25) is 10.00 Å². The molecule has 1 aromatic carbocycles. The highest BCUT2D eigenvalue weighted by Gasteiger charge is 2.29. The van der Waals surface area contributed by atoms with Crippen molar-refractivity contribution in [2.45, 2.75) is 52.6 Å². The Balaban J connectivity index is 1.63. The first-order valence-corrected chi connectivity index (χ1v) is 9.92. The van der Waals surface area contributed by atoms with Gasteiger partial charge in [-0.25, -0.2) is 0 Å². The van der Waals surface area contributed by atoms with Crippen LogP contribution >= 0.6 is 0 Å². The zero-order chi connectivity index (χ0) is 19.7. The molecule has 1 fully saturated rings. The molecule has 6 heteroatoms. The molecule has 0 spiro atoms. The van der Waals surface area contributed by atoms with Crippen LogP contribution in [-0.2, 0) is 6.54 Å². The smallest absolute Gasteiger partial charge is 0.170 e. The fourth-order valence-electron chi connectivity index (χ4n) is 4.20. The number of aryl methyl sites for hydroxylation is 3. The number of H-pyrrole nitrogens is 1. The Kier molecular flexibility index (Phi) is 5.22. The number of likely N-dealkylation sites (tertiary alicyclic amines) is 1. The van der Waals surface area contributed by atoms with E-state index in [1.54, 1.807) is 7.11 Å². The molecular formula is C22H28N4O2. The molecule has 3 aromatic rings. The van der Waals surface area contributed by atoms with Crippen LogP contribution in [0.3, 0.4) is 0 Å². The average Bonchev–Trinajstić information content (AvgIpc) is 3.33. The Hall–Kier alpha value is -2.60. The van der Waals surface area contributed by atoms with Crippen molar-refractivity contribution < 1.29 is 9.26 Å². The van der Waals surface area contributed by atoms with Crippen LogP contribution in [0.1, 0.15) is 53.4 Å². The van der Waals surface area contributed by atoms with Gasteiger partial charge in [-0.05, 0) is 62.9 Å². The molecule has 1 aliphatic rings. The van der Waals surface area contributed by atoms with Crippen LogP contribution in [0.4, 0.5) is 0 Å². The van der Waals surface area contributed by atoms with E-state index in [-0.39, 0.29) is 0 Å². The fraction of sp³-hybridized carbons (Fsp3) is 0.455. The lowest BCUT2D eigenvalue weighted by Gasteiger charge is -2.36. The Labute approximate surface area is 165 Å². The number of piperidine rings is 1. The molecule has 3 heterocycles. The fourth-order valence-corrected chi connectivity index (χ4v) is 4.20. The largest absolute Gasteiger partial charge is 0.496 e. The Morgan fingerprint density at radius 3 is 2.79 bits per heavy atom. The zero-order valence-electron chi connectivity index (χ0n) is 17.1. The molecular weight excluding hydrogens is 352 g/mol. The van der Waals surface area contributed by atoms with Gasteiger partial charge in [0, 0.05) is 12.6 Å². The molecule has 1 atom stereocenters. The van der Waals surface area contributed by atoms with Gasteiger partial charge in [-0.1, -0.05) is 17.6 Å². The summed E-state index contributed by atoms with van der Waals surface area (Å²) < 4.78 is 11.0. The second-order valence-electron chi connectivity index (χ2n) is 7.76. The Morgan fingerprint density at radius 1 is 1.18 bits per heavy atom. The van der Waals surface area contributed by atoms with Gasteiger partial charge >= 0.3 is 0 Å². The molecule has 1 saturated heterocycles. The normalized spacial score (nSPS) is 17.8. The van der Waals surface area contributed by atoms with Gasteiger partial charge in [0.25, 0.3) is 0 Å². The number of aromatic amines is 1. The number of hydrogen-bond acceptors (Lipinski definition) is 5. The lowest BCUT2D eigenvalue weighted by molar-refractivity contribution is 0.137. The quantitative estimate of drug-likeness (QED) is 0.693. The molecule has 1 aliphatic heterocycles. The number of benzene rings is 1. The van der Waals surface area contributed by atoms with Crippen LogP contribution in [0.5, 0.6) is 5.75 Å². The van der Waals surface area contributed by atoms with Gasteiger partial charge in [0.05, 0.1) is 36.3 Å². The first-order valence-electron chi connectivity index (χ1n) is 9.92. The molecule has 2 aromatic heterocycles. The predicted octanol–water partition coefficient (Wildman–Crippen LogP) is 4.73. The average molecular weight is 380 g/mol. The molecule has 6 nitrogen and oxygen atoms in total. The maximum atomic E-state index is 5.51. The monoisotopic (exact) mass is 380 g/mol. The number of nitrogens with zero attached hydrogens (tertiary/aromatic N) is 3. The summed E-state index contributed by atoms with van der Waals surface area (Å²) in [6.45, 7) is 8.19. The number of aromatic nitrogens is 3. The van der Waals surface area contributed by atoms with E-state index in [1.165, 1.54) is 29.5 Å². The zero-order valence-corrected chi connectivity index (χ0v) is 17.1. The van der Waals surface area contributed by atoms with Crippen LogP contribution in [-0.4, -0.2) is 33.9 Å². The van der Waals surface area contributed by atoms with Crippen LogP contribution in [0.25, 0.3) is 11.3 Å². The van der Waals surface area contributed by atoms with Gasteiger partial charge in [-0.15, -0.1) is 0 Å². The summed E-state index contributed by atoms with van der Waals surface area (Å²) in [5.41, 5.74) is 6.81. The van der Waals surface area contributed by atoms with Crippen LogP contribution in [0.2, 0.25) is 0 Å². The second kappa shape index (κ2) is 7.80. The molecule has 4 rings (SSSR count). The Morgan fingerprint density at radius 2 is 2.04 bits per heavy atom. The summed E-state index contributed by atoms with van der Waals surface area (Å²) in [6.07, 6.45) is 5.40. The summed E-state index contributed by atoms with van der Waals surface area (Å²) in [5, 5.41) is 11.6. The van der Waals surface area contributed by atoms with Gasteiger partial charge < -0.3 is 9.26 Å². The SMILES string of the molecule is COc1cc(C)c(CN2CCCC[C@@H]2c2[nH]ncc2-c2cc(C)no2)cc1C. The maximum absolute atomic E-state index is 5.51. The molecule has 0 saturated carbocycles. The van der Waals surface area contributed by atoms with E-state index in [2.05, 4.69) is 46.2 Å². The van der Waals surface area contributed by atoms with E-state index in [0.717, 1.165) is 48.0 Å². The third-order valence-electron chi connectivity index (χ3n) is 5.74. The van der Waals surface area contributed by atoms with Crippen molar-refractivity contribution in [3.8, 4) is 17.1 Å². The van der Waals surface area contributed by atoms with E-state index in [1.807, 2.05) is 19.2 Å². The highest BCUT2D eigenvalue weighted by Crippen LogP contribution is 2.37. The number of hydrogen-bond donors (Lipinski definition) is 1. The van der Waals surface area contributed by atoms with Crippen molar-refractivity contribution in [1.82, 2.24) is 20.3 Å². The van der Waals surface area contributed by atoms with Crippen LogP contribution < -0.4 is 4.74 Å². The highest BCUT2D eigenvalue weighted by atomic mass is 16.5. The van der Waals surface area contributed by atoms with Crippen molar-refractivity contribution in [1.29, 1.82) is 0 Å². The third-order valence-corrected chi connectivity index (χ3v) is 5.74. The molecule has 28 heavy (non-hydrogen) atoms. The highest BCUT2D eigenvalue weighted by molar-refractivity contribution is 5.60. The standard InChI is InChI=1S/C22H28N4O2/c1-14-10-20(27-4)15(2)9-17(14)13-26-8-6-5-7-19(26)22-18(12-23-24-22)21-11-16(3)25-28-21/h9-12,19H,5-8,13H2,1-4H3,(H,23,24)/t19-/m1/s1. The van der Waals surface area contributed by atoms with E-state index >= 15 is 0 Å². The molecule has 0 bridgehead atoms. The summed E-state index contributed by atoms with van der Waals surface area (Å²) in [6, 6.07) is 6.66. The van der Waals surface area contributed by atoms with Crippen molar-refractivity contribution in [3.63, 3.8) is 0 Å². The van der Waals surface area contributed by atoms with Crippen LogP contribution in [0, 0.1) is 20.8 Å². The topological polar surface area (TPSA) is 67.2 Å². The number of rotatable bonds is 5. The van der Waals surface area contributed by atoms with Crippen molar-refractivity contribution in [2.75, 3.05) is 13.7 Å². The van der Waals surface area contributed by atoms with Gasteiger partial charge in [0.15, 0.2) is 5.76 Å². The van der Waals surface area contributed by atoms with Gasteiger partial charge in [-0.2, -0.15) is 5.10 Å². The molecule has 148 valence electrons. The first kappa shape index (κ1) is 18.7. The first-order chi connectivity index (χ1) is 13.6. The number of methoxy groups -OCH3 is 1. The second-order valence-corrected chi connectivity index (χ2v) is 7.76. The van der Waals surface area contributed by atoms with E-state index in [9.17, 15) is 0 Å².